The van der Waals surface area contributed by atoms with Gasteiger partial charge in [-0.3, -0.25) is 0 Å². The summed E-state index contributed by atoms with van der Waals surface area (Å²) < 4.78 is 1.21. The van der Waals surface area contributed by atoms with E-state index in [2.05, 4.69) is 51.4 Å². The van der Waals surface area contributed by atoms with E-state index in [1.165, 1.54) is 34.4 Å². The number of thioether (sulfide) groups is 1. The summed E-state index contributed by atoms with van der Waals surface area (Å²) >= 11 is 7.45. The molecule has 0 spiro atoms. The largest absolute Gasteiger partial charge is 0.309 e. The minimum Gasteiger partial charge on any atom is -0.309 e. The summed E-state index contributed by atoms with van der Waals surface area (Å²) in [4.78, 5) is 1.43. The van der Waals surface area contributed by atoms with Crippen molar-refractivity contribution in [2.75, 3.05) is 5.75 Å². The molecule has 1 nitrogen and oxygen atoms in total. The van der Waals surface area contributed by atoms with Crippen LogP contribution in [0.2, 0.25) is 0 Å². The van der Waals surface area contributed by atoms with Crippen LogP contribution in [0.5, 0.6) is 0 Å². The van der Waals surface area contributed by atoms with Gasteiger partial charge in [0.15, 0.2) is 0 Å². The topological polar surface area (TPSA) is 12.0 Å². The smallest absolute Gasteiger partial charge is 0.0302 e. The summed E-state index contributed by atoms with van der Waals surface area (Å²) in [5.41, 5.74) is 0. The fourth-order valence-electron chi connectivity index (χ4n) is 2.20. The number of hydrogen-bond acceptors (Lipinski definition) is 3. The van der Waals surface area contributed by atoms with E-state index < -0.39 is 0 Å². The van der Waals surface area contributed by atoms with Gasteiger partial charge >= 0.3 is 0 Å². The quantitative estimate of drug-likeness (QED) is 0.869. The van der Waals surface area contributed by atoms with Crippen LogP contribution in [0.3, 0.4) is 0 Å². The third kappa shape index (κ3) is 3.76. The average Bonchev–Trinajstić information content (AvgIpc) is 2.85. The van der Waals surface area contributed by atoms with E-state index in [0.717, 1.165) is 17.8 Å². The summed E-state index contributed by atoms with van der Waals surface area (Å²) in [6.45, 7) is 3.29. The van der Waals surface area contributed by atoms with E-state index in [-0.39, 0.29) is 0 Å². The van der Waals surface area contributed by atoms with E-state index in [9.17, 15) is 0 Å². The Kier molecular flexibility index (Phi) is 5.20. The predicted molar refractivity (Wildman–Crippen MR) is 78.4 cm³/mol. The van der Waals surface area contributed by atoms with E-state index in [4.69, 9.17) is 0 Å². The fraction of sp³-hybridized carbons (Fsp3) is 0.667. The van der Waals surface area contributed by atoms with E-state index in [1.807, 2.05) is 11.3 Å². The Labute approximate surface area is 115 Å². The van der Waals surface area contributed by atoms with E-state index in [1.54, 1.807) is 0 Å². The summed E-state index contributed by atoms with van der Waals surface area (Å²) in [5.74, 6) is 1.26. The summed E-state index contributed by atoms with van der Waals surface area (Å²) in [5, 5.41) is 6.73. The predicted octanol–water partition coefficient (Wildman–Crippen LogP) is 4.27. The van der Waals surface area contributed by atoms with Gasteiger partial charge in [0.2, 0.25) is 0 Å². The lowest BCUT2D eigenvalue weighted by atomic mass is 10.2. The molecule has 1 aliphatic carbocycles. The normalized spacial score (nSPS) is 25.1. The van der Waals surface area contributed by atoms with Crippen molar-refractivity contribution in [3.05, 3.63) is 20.8 Å². The molecule has 1 N–H and O–H groups in total. The molecule has 0 radical (unpaired) electrons. The lowest BCUT2D eigenvalue weighted by Crippen LogP contribution is -2.25. The molecule has 1 aromatic rings. The van der Waals surface area contributed by atoms with Crippen LogP contribution < -0.4 is 5.32 Å². The molecule has 1 heterocycles. The van der Waals surface area contributed by atoms with Crippen LogP contribution in [0, 0.1) is 0 Å². The van der Waals surface area contributed by atoms with Crippen molar-refractivity contribution in [2.24, 2.45) is 0 Å². The van der Waals surface area contributed by atoms with Gasteiger partial charge in [-0.05, 0) is 47.0 Å². The summed E-state index contributed by atoms with van der Waals surface area (Å²) in [6, 6.07) is 2.95. The molecular weight excluding hydrogens is 302 g/mol. The van der Waals surface area contributed by atoms with Gasteiger partial charge in [-0.15, -0.1) is 11.3 Å². The number of rotatable bonds is 5. The molecule has 0 aromatic carbocycles. The zero-order valence-electron chi connectivity index (χ0n) is 9.54. The Hall–Kier alpha value is 0.490. The first kappa shape index (κ1) is 12.9. The minimum absolute atomic E-state index is 0.741. The van der Waals surface area contributed by atoms with Gasteiger partial charge in [0.25, 0.3) is 0 Å². The lowest BCUT2D eigenvalue weighted by Gasteiger charge is -2.12. The van der Waals surface area contributed by atoms with Gasteiger partial charge in [0.1, 0.15) is 0 Å². The molecule has 2 unspecified atom stereocenters. The highest BCUT2D eigenvalue weighted by Gasteiger charge is 2.23. The maximum atomic E-state index is 3.68. The second-order valence-electron chi connectivity index (χ2n) is 4.20. The highest BCUT2D eigenvalue weighted by Crippen LogP contribution is 2.30. The van der Waals surface area contributed by atoms with Crippen LogP contribution >= 0.6 is 39.0 Å². The molecular formula is C12H18BrNS2. The molecule has 0 aliphatic heterocycles. The Morgan fingerprint density at radius 1 is 1.56 bits per heavy atom. The van der Waals surface area contributed by atoms with Crippen LogP contribution in [0.4, 0.5) is 0 Å². The molecule has 2 atom stereocenters. The van der Waals surface area contributed by atoms with Gasteiger partial charge in [-0.25, -0.2) is 0 Å². The van der Waals surface area contributed by atoms with Crippen molar-refractivity contribution in [3.63, 3.8) is 0 Å². The number of hydrogen-bond donors (Lipinski definition) is 1. The highest BCUT2D eigenvalue weighted by atomic mass is 79.9. The molecule has 0 saturated heterocycles. The highest BCUT2D eigenvalue weighted by molar-refractivity contribution is 9.10. The van der Waals surface area contributed by atoms with Crippen LogP contribution in [0.1, 0.15) is 31.1 Å². The van der Waals surface area contributed by atoms with Crippen molar-refractivity contribution < 1.29 is 0 Å². The molecule has 1 saturated carbocycles. The second-order valence-corrected chi connectivity index (χ2v) is 7.69. The molecule has 1 aliphatic rings. The molecule has 1 aromatic heterocycles. The van der Waals surface area contributed by atoms with Gasteiger partial charge < -0.3 is 5.32 Å². The molecule has 0 bridgehead atoms. The SMILES string of the molecule is CCSC1CCC(NCc2cc(Br)cs2)C1. The minimum atomic E-state index is 0.741. The number of nitrogens with one attached hydrogen (secondary N) is 1. The maximum absolute atomic E-state index is 3.68. The Bertz CT molecular complexity index is 327. The van der Waals surface area contributed by atoms with Crippen molar-refractivity contribution in [1.82, 2.24) is 5.32 Å². The Balaban J connectivity index is 1.71. The zero-order valence-corrected chi connectivity index (χ0v) is 12.8. The standard InChI is InChI=1S/C12H18BrNS2/c1-2-15-11-4-3-10(6-11)14-7-12-5-9(13)8-16-12/h5,8,10-11,14H,2-4,6-7H2,1H3. The first-order chi connectivity index (χ1) is 7.78. The second kappa shape index (κ2) is 6.43. The number of halogens is 1. The van der Waals surface area contributed by atoms with Crippen LogP contribution in [0.25, 0.3) is 0 Å². The fourth-order valence-corrected chi connectivity index (χ4v) is 4.75. The third-order valence-corrected chi connectivity index (χ3v) is 5.90. The molecule has 2 rings (SSSR count). The molecule has 0 amide bonds. The average molecular weight is 320 g/mol. The first-order valence-electron chi connectivity index (χ1n) is 5.86. The summed E-state index contributed by atoms with van der Waals surface area (Å²) in [6.07, 6.45) is 4.10. The lowest BCUT2D eigenvalue weighted by molar-refractivity contribution is 0.528. The van der Waals surface area contributed by atoms with Crippen molar-refractivity contribution in [2.45, 2.75) is 44.0 Å². The molecule has 4 heteroatoms. The van der Waals surface area contributed by atoms with Gasteiger partial charge in [-0.1, -0.05) is 6.92 Å². The summed E-state index contributed by atoms with van der Waals surface area (Å²) in [7, 11) is 0. The Morgan fingerprint density at radius 2 is 2.44 bits per heavy atom. The Morgan fingerprint density at radius 3 is 3.12 bits per heavy atom. The van der Waals surface area contributed by atoms with E-state index >= 15 is 0 Å². The third-order valence-electron chi connectivity index (χ3n) is 2.97. The van der Waals surface area contributed by atoms with Crippen molar-refractivity contribution in [3.8, 4) is 0 Å². The van der Waals surface area contributed by atoms with Crippen molar-refractivity contribution >= 4 is 39.0 Å². The molecule has 90 valence electrons. The first-order valence-corrected chi connectivity index (χ1v) is 8.58. The van der Waals surface area contributed by atoms with Crippen LogP contribution in [0.15, 0.2) is 15.9 Å². The van der Waals surface area contributed by atoms with Crippen LogP contribution in [-0.2, 0) is 6.54 Å². The van der Waals surface area contributed by atoms with Gasteiger partial charge in [-0.2, -0.15) is 11.8 Å². The van der Waals surface area contributed by atoms with Gasteiger partial charge in [0, 0.05) is 32.6 Å². The zero-order chi connectivity index (χ0) is 11.4. The number of thiophene rings is 1. The van der Waals surface area contributed by atoms with Crippen molar-refractivity contribution in [1.29, 1.82) is 0 Å². The van der Waals surface area contributed by atoms with E-state index in [0.29, 0.717) is 0 Å². The van der Waals surface area contributed by atoms with Gasteiger partial charge in [0.05, 0.1) is 0 Å². The monoisotopic (exact) mass is 319 g/mol. The van der Waals surface area contributed by atoms with Crippen LogP contribution in [-0.4, -0.2) is 17.0 Å². The molecule has 1 fully saturated rings. The maximum Gasteiger partial charge on any atom is 0.0302 e. The molecule has 16 heavy (non-hydrogen) atoms.